The van der Waals surface area contributed by atoms with Gasteiger partial charge in [-0.15, -0.1) is 0 Å². The summed E-state index contributed by atoms with van der Waals surface area (Å²) in [5.74, 6) is 2.42. The fourth-order valence-electron chi connectivity index (χ4n) is 2.86. The number of phenolic OH excluding ortho intramolecular Hbond substituents is 1. The summed E-state index contributed by atoms with van der Waals surface area (Å²) >= 11 is 0. The molecule has 2 rings (SSSR count). The predicted molar refractivity (Wildman–Crippen MR) is 77.5 cm³/mol. The average molecular weight is 263 g/mol. The topological polar surface area (TPSA) is 41.5 Å². The maximum absolute atomic E-state index is 10.0. The van der Waals surface area contributed by atoms with Crippen molar-refractivity contribution in [2.24, 2.45) is 11.8 Å². The van der Waals surface area contributed by atoms with Crippen molar-refractivity contribution in [1.29, 1.82) is 0 Å². The zero-order valence-corrected chi connectivity index (χ0v) is 12.1. The van der Waals surface area contributed by atoms with Gasteiger partial charge in [0.1, 0.15) is 0 Å². The van der Waals surface area contributed by atoms with Crippen molar-refractivity contribution >= 4 is 0 Å². The number of aromatic hydroxyl groups is 1. The lowest BCUT2D eigenvalue weighted by Crippen LogP contribution is -2.35. The minimum absolute atomic E-state index is 0.259. The lowest BCUT2D eigenvalue weighted by Gasteiger charge is -2.32. The Bertz CT molecular complexity index is 419. The van der Waals surface area contributed by atoms with Crippen molar-refractivity contribution in [3.63, 3.8) is 0 Å². The Morgan fingerprint density at radius 3 is 2.74 bits per heavy atom. The summed E-state index contributed by atoms with van der Waals surface area (Å²) in [5.41, 5.74) is 0.908. The fraction of sp³-hybridized carbons (Fsp3) is 0.625. The second kappa shape index (κ2) is 6.29. The van der Waals surface area contributed by atoms with Gasteiger partial charge in [-0.1, -0.05) is 26.0 Å². The van der Waals surface area contributed by atoms with E-state index in [1.54, 1.807) is 13.2 Å². The smallest absolute Gasteiger partial charge is 0.162 e. The molecule has 19 heavy (non-hydrogen) atoms. The van der Waals surface area contributed by atoms with Gasteiger partial charge in [-0.3, -0.25) is 0 Å². The van der Waals surface area contributed by atoms with Crippen LogP contribution in [0.3, 0.4) is 0 Å². The van der Waals surface area contributed by atoms with Gasteiger partial charge in [0.25, 0.3) is 0 Å². The number of ether oxygens (including phenoxy) is 1. The Balaban J connectivity index is 1.92. The van der Waals surface area contributed by atoms with Gasteiger partial charge in [0.2, 0.25) is 0 Å². The van der Waals surface area contributed by atoms with Crippen LogP contribution in [0.4, 0.5) is 0 Å². The SMILES string of the molecule is COc1cccc(CNC2CCC(C)C(C)C2)c1O. The second-order valence-corrected chi connectivity index (χ2v) is 5.81. The van der Waals surface area contributed by atoms with Gasteiger partial charge < -0.3 is 15.2 Å². The van der Waals surface area contributed by atoms with Crippen LogP contribution < -0.4 is 10.1 Å². The van der Waals surface area contributed by atoms with E-state index in [2.05, 4.69) is 19.2 Å². The van der Waals surface area contributed by atoms with E-state index < -0.39 is 0 Å². The molecule has 0 aromatic heterocycles. The Hall–Kier alpha value is -1.22. The summed E-state index contributed by atoms with van der Waals surface area (Å²) in [5, 5.41) is 13.6. The molecule has 3 unspecified atom stereocenters. The van der Waals surface area contributed by atoms with Gasteiger partial charge in [-0.2, -0.15) is 0 Å². The molecule has 1 aromatic carbocycles. The van der Waals surface area contributed by atoms with Gasteiger partial charge in [0.05, 0.1) is 7.11 Å². The summed E-state index contributed by atoms with van der Waals surface area (Å²) in [6.07, 6.45) is 3.76. The highest BCUT2D eigenvalue weighted by molar-refractivity contribution is 5.45. The van der Waals surface area contributed by atoms with Crippen LogP contribution in [0.1, 0.15) is 38.7 Å². The highest BCUT2D eigenvalue weighted by Crippen LogP contribution is 2.31. The fourth-order valence-corrected chi connectivity index (χ4v) is 2.86. The second-order valence-electron chi connectivity index (χ2n) is 5.81. The molecular formula is C16H25NO2. The number of nitrogens with one attached hydrogen (secondary N) is 1. The molecule has 1 aliphatic rings. The van der Waals surface area contributed by atoms with Crippen LogP contribution in [0.25, 0.3) is 0 Å². The molecule has 1 fully saturated rings. The summed E-state index contributed by atoms with van der Waals surface area (Å²) in [4.78, 5) is 0. The number of rotatable bonds is 4. The molecule has 3 heteroatoms. The molecule has 0 heterocycles. The van der Waals surface area contributed by atoms with Crippen molar-refractivity contribution < 1.29 is 9.84 Å². The van der Waals surface area contributed by atoms with Crippen molar-refractivity contribution in [3.05, 3.63) is 23.8 Å². The summed E-state index contributed by atoms with van der Waals surface area (Å²) in [6, 6.07) is 6.21. The van der Waals surface area contributed by atoms with Crippen LogP contribution in [-0.4, -0.2) is 18.3 Å². The van der Waals surface area contributed by atoms with Crippen LogP contribution in [0.15, 0.2) is 18.2 Å². The minimum atomic E-state index is 0.259. The molecule has 0 bridgehead atoms. The molecule has 106 valence electrons. The van der Waals surface area contributed by atoms with E-state index in [9.17, 15) is 5.11 Å². The minimum Gasteiger partial charge on any atom is -0.504 e. The quantitative estimate of drug-likeness (QED) is 0.875. The lowest BCUT2D eigenvalue weighted by atomic mass is 9.79. The molecule has 0 aliphatic heterocycles. The van der Waals surface area contributed by atoms with Crippen LogP contribution in [0, 0.1) is 11.8 Å². The van der Waals surface area contributed by atoms with Gasteiger partial charge in [-0.05, 0) is 37.2 Å². The van der Waals surface area contributed by atoms with Crippen LogP contribution in [0.2, 0.25) is 0 Å². The van der Waals surface area contributed by atoms with E-state index >= 15 is 0 Å². The molecule has 1 saturated carbocycles. The highest BCUT2D eigenvalue weighted by atomic mass is 16.5. The molecular weight excluding hydrogens is 238 g/mol. The van der Waals surface area contributed by atoms with Crippen molar-refractivity contribution in [2.75, 3.05) is 7.11 Å². The Kier molecular flexibility index (Phi) is 4.70. The summed E-state index contributed by atoms with van der Waals surface area (Å²) in [7, 11) is 1.58. The van der Waals surface area contributed by atoms with Gasteiger partial charge in [0, 0.05) is 18.2 Å². The number of hydrogen-bond donors (Lipinski definition) is 2. The van der Waals surface area contributed by atoms with E-state index in [0.717, 1.165) is 17.4 Å². The zero-order chi connectivity index (χ0) is 13.8. The Morgan fingerprint density at radius 1 is 1.26 bits per heavy atom. The third-order valence-electron chi connectivity index (χ3n) is 4.48. The summed E-state index contributed by atoms with van der Waals surface area (Å²) in [6.45, 7) is 5.38. The van der Waals surface area contributed by atoms with Gasteiger partial charge >= 0.3 is 0 Å². The first-order valence-electron chi connectivity index (χ1n) is 7.20. The molecule has 0 spiro atoms. The average Bonchev–Trinajstić information content (AvgIpc) is 2.41. The third-order valence-corrected chi connectivity index (χ3v) is 4.48. The number of hydrogen-bond acceptors (Lipinski definition) is 3. The molecule has 0 radical (unpaired) electrons. The van der Waals surface area contributed by atoms with Gasteiger partial charge in [0.15, 0.2) is 11.5 Å². The third kappa shape index (κ3) is 3.41. The number of para-hydroxylation sites is 1. The first-order valence-corrected chi connectivity index (χ1v) is 7.20. The Morgan fingerprint density at radius 2 is 2.05 bits per heavy atom. The van der Waals surface area contributed by atoms with Crippen LogP contribution in [-0.2, 0) is 6.54 Å². The van der Waals surface area contributed by atoms with E-state index in [1.807, 2.05) is 12.1 Å². The number of benzene rings is 1. The number of methoxy groups -OCH3 is 1. The highest BCUT2D eigenvalue weighted by Gasteiger charge is 2.24. The standard InChI is InChI=1S/C16H25NO2/c1-11-7-8-14(9-12(11)2)17-10-13-5-4-6-15(19-3)16(13)18/h4-6,11-12,14,17-18H,7-10H2,1-3H3. The molecule has 3 atom stereocenters. The predicted octanol–water partition coefficient (Wildman–Crippen LogP) is 3.32. The molecule has 1 aromatic rings. The zero-order valence-electron chi connectivity index (χ0n) is 12.1. The van der Waals surface area contributed by atoms with Gasteiger partial charge in [-0.25, -0.2) is 0 Å². The van der Waals surface area contributed by atoms with E-state index in [-0.39, 0.29) is 5.75 Å². The normalized spacial score (nSPS) is 27.2. The van der Waals surface area contributed by atoms with Crippen LogP contribution in [0.5, 0.6) is 11.5 Å². The van der Waals surface area contributed by atoms with E-state index in [1.165, 1.54) is 19.3 Å². The van der Waals surface area contributed by atoms with Crippen molar-refractivity contribution in [1.82, 2.24) is 5.32 Å². The summed E-state index contributed by atoms with van der Waals surface area (Å²) < 4.78 is 5.13. The molecule has 0 saturated heterocycles. The monoisotopic (exact) mass is 263 g/mol. The molecule has 2 N–H and O–H groups in total. The maximum Gasteiger partial charge on any atom is 0.162 e. The lowest BCUT2D eigenvalue weighted by molar-refractivity contribution is 0.225. The number of phenols is 1. The maximum atomic E-state index is 10.0. The van der Waals surface area contributed by atoms with E-state index in [4.69, 9.17) is 4.74 Å². The van der Waals surface area contributed by atoms with Crippen molar-refractivity contribution in [2.45, 2.75) is 45.7 Å². The van der Waals surface area contributed by atoms with E-state index in [0.29, 0.717) is 18.3 Å². The molecule has 0 amide bonds. The first kappa shape index (κ1) is 14.2. The van der Waals surface area contributed by atoms with Crippen molar-refractivity contribution in [3.8, 4) is 11.5 Å². The Labute approximate surface area is 116 Å². The van der Waals surface area contributed by atoms with Crippen LogP contribution >= 0.6 is 0 Å². The first-order chi connectivity index (χ1) is 9.11. The molecule has 3 nitrogen and oxygen atoms in total. The largest absolute Gasteiger partial charge is 0.504 e. The molecule has 1 aliphatic carbocycles.